The number of hydrogen-bond acceptors (Lipinski definition) is 7. The van der Waals surface area contributed by atoms with Crippen LogP contribution in [0.25, 0.3) is 20.2 Å². The Labute approximate surface area is 196 Å². The summed E-state index contributed by atoms with van der Waals surface area (Å²) in [5, 5.41) is 16.1. The lowest BCUT2D eigenvalue weighted by atomic mass is 9.81. The van der Waals surface area contributed by atoms with Crippen LogP contribution in [-0.2, 0) is 0 Å². The predicted molar refractivity (Wildman–Crippen MR) is 134 cm³/mol. The molecule has 174 valence electrons. The van der Waals surface area contributed by atoms with E-state index < -0.39 is 4.92 Å². The summed E-state index contributed by atoms with van der Waals surface area (Å²) in [7, 11) is 1.56. The fourth-order valence-electron chi connectivity index (χ4n) is 5.64. The number of anilines is 1. The summed E-state index contributed by atoms with van der Waals surface area (Å²) in [6.45, 7) is 3.19. The van der Waals surface area contributed by atoms with Crippen LogP contribution in [0.4, 0.5) is 11.4 Å². The van der Waals surface area contributed by atoms with Gasteiger partial charge in [0.15, 0.2) is 5.43 Å². The van der Waals surface area contributed by atoms with Crippen LogP contribution in [0.1, 0.15) is 38.5 Å². The van der Waals surface area contributed by atoms with Crippen LogP contribution in [0.15, 0.2) is 35.1 Å². The molecule has 33 heavy (non-hydrogen) atoms. The van der Waals surface area contributed by atoms with Gasteiger partial charge in [0.2, 0.25) is 0 Å². The second-order valence-electron chi connectivity index (χ2n) is 9.10. The summed E-state index contributed by atoms with van der Waals surface area (Å²) >= 11 is 1.29. The molecule has 2 aromatic carbocycles. The SMILES string of the molecule is COc1ccc2sc3c([N+](=O)[O-])ccc(NCC[C@@H]4CCCN5CCCC[C@H]45)c3c(=O)c2c1. The Bertz CT molecular complexity index is 1260. The van der Waals surface area contributed by atoms with Crippen LogP contribution in [0.3, 0.4) is 0 Å². The van der Waals surface area contributed by atoms with Gasteiger partial charge >= 0.3 is 0 Å². The molecule has 0 radical (unpaired) electrons. The first-order chi connectivity index (χ1) is 16.1. The number of benzene rings is 2. The lowest BCUT2D eigenvalue weighted by Crippen LogP contribution is -2.48. The zero-order chi connectivity index (χ0) is 22.9. The highest BCUT2D eigenvalue weighted by molar-refractivity contribution is 7.25. The zero-order valence-electron chi connectivity index (χ0n) is 18.8. The van der Waals surface area contributed by atoms with Gasteiger partial charge in [0, 0.05) is 34.4 Å². The van der Waals surface area contributed by atoms with E-state index in [0.29, 0.717) is 43.6 Å². The van der Waals surface area contributed by atoms with Crippen molar-refractivity contribution in [2.45, 2.75) is 44.6 Å². The molecule has 8 heteroatoms. The molecule has 5 rings (SSSR count). The quantitative estimate of drug-likeness (QED) is 0.297. The molecular weight excluding hydrogens is 438 g/mol. The monoisotopic (exact) mass is 467 g/mol. The summed E-state index contributed by atoms with van der Waals surface area (Å²) < 4.78 is 6.43. The Hall–Kier alpha value is -2.71. The Morgan fingerprint density at radius 1 is 1.18 bits per heavy atom. The average molecular weight is 468 g/mol. The molecule has 0 amide bonds. The molecule has 3 aromatic rings. The van der Waals surface area contributed by atoms with Crippen molar-refractivity contribution in [2.24, 2.45) is 5.92 Å². The third kappa shape index (κ3) is 4.17. The van der Waals surface area contributed by atoms with Gasteiger partial charge in [-0.25, -0.2) is 0 Å². The topological polar surface area (TPSA) is 84.7 Å². The molecule has 0 spiro atoms. The summed E-state index contributed by atoms with van der Waals surface area (Å²) in [5.74, 6) is 1.26. The van der Waals surface area contributed by atoms with Crippen LogP contribution in [0.2, 0.25) is 0 Å². The Morgan fingerprint density at radius 3 is 2.85 bits per heavy atom. The molecule has 2 atom stereocenters. The Balaban J connectivity index is 1.47. The van der Waals surface area contributed by atoms with Crippen molar-refractivity contribution in [2.75, 3.05) is 32.1 Å². The molecule has 7 nitrogen and oxygen atoms in total. The second-order valence-corrected chi connectivity index (χ2v) is 10.2. The van der Waals surface area contributed by atoms with Crippen LogP contribution >= 0.6 is 11.3 Å². The van der Waals surface area contributed by atoms with Gasteiger partial charge in [-0.3, -0.25) is 14.9 Å². The molecule has 1 aromatic heterocycles. The number of rotatable bonds is 6. The minimum atomic E-state index is -0.406. The van der Waals surface area contributed by atoms with Crippen LogP contribution in [0, 0.1) is 16.0 Å². The first-order valence-electron chi connectivity index (χ1n) is 11.8. The minimum Gasteiger partial charge on any atom is -0.497 e. The van der Waals surface area contributed by atoms with E-state index in [4.69, 9.17) is 4.74 Å². The van der Waals surface area contributed by atoms with E-state index in [2.05, 4.69) is 10.2 Å². The van der Waals surface area contributed by atoms with E-state index >= 15 is 0 Å². The van der Waals surface area contributed by atoms with Crippen molar-refractivity contribution in [1.29, 1.82) is 0 Å². The molecule has 2 aliphatic rings. The van der Waals surface area contributed by atoms with E-state index in [0.717, 1.165) is 13.0 Å². The fraction of sp³-hybridized carbons (Fsp3) is 0.480. The normalized spacial score (nSPS) is 21.1. The van der Waals surface area contributed by atoms with E-state index in [1.807, 2.05) is 0 Å². The number of hydrogen-bond donors (Lipinski definition) is 1. The van der Waals surface area contributed by atoms with Gasteiger partial charge in [-0.15, -0.1) is 11.3 Å². The van der Waals surface area contributed by atoms with Gasteiger partial charge < -0.3 is 15.0 Å². The highest BCUT2D eigenvalue weighted by Gasteiger charge is 2.32. The van der Waals surface area contributed by atoms with E-state index in [1.54, 1.807) is 31.4 Å². The van der Waals surface area contributed by atoms with Crippen molar-refractivity contribution in [3.8, 4) is 5.75 Å². The Kier molecular flexibility index (Phi) is 6.21. The maximum absolute atomic E-state index is 13.5. The van der Waals surface area contributed by atoms with Gasteiger partial charge in [-0.2, -0.15) is 0 Å². The molecule has 2 saturated heterocycles. The summed E-state index contributed by atoms with van der Waals surface area (Å²) in [4.78, 5) is 27.4. The number of methoxy groups -OCH3 is 1. The van der Waals surface area contributed by atoms with Crippen molar-refractivity contribution in [3.63, 3.8) is 0 Å². The van der Waals surface area contributed by atoms with Crippen molar-refractivity contribution in [1.82, 2.24) is 4.90 Å². The third-order valence-electron chi connectivity index (χ3n) is 7.26. The Morgan fingerprint density at radius 2 is 2.03 bits per heavy atom. The van der Waals surface area contributed by atoms with Gasteiger partial charge in [0.05, 0.1) is 17.4 Å². The van der Waals surface area contributed by atoms with Crippen molar-refractivity contribution < 1.29 is 9.66 Å². The first kappa shape index (κ1) is 22.1. The molecule has 0 saturated carbocycles. The largest absolute Gasteiger partial charge is 0.497 e. The maximum atomic E-state index is 13.5. The molecule has 0 bridgehead atoms. The highest BCUT2D eigenvalue weighted by atomic mass is 32.1. The van der Waals surface area contributed by atoms with Crippen LogP contribution in [-0.4, -0.2) is 42.6 Å². The number of nitro groups is 1. The van der Waals surface area contributed by atoms with Crippen LogP contribution in [0.5, 0.6) is 5.75 Å². The average Bonchev–Trinajstić information content (AvgIpc) is 2.84. The van der Waals surface area contributed by atoms with E-state index in [-0.39, 0.29) is 11.1 Å². The standard InChI is InChI=1S/C25H29N3O4S/c1-32-17-7-10-22-18(15-17)24(29)23-19(8-9-21(28(30)31)25(23)33-22)26-12-11-16-5-4-14-27-13-3-2-6-20(16)27/h7-10,15-16,20,26H,2-6,11-14H2,1H3/t16-,20+/m0/s1. The lowest BCUT2D eigenvalue weighted by Gasteiger charge is -2.44. The predicted octanol–water partition coefficient (Wildman–Crippen LogP) is 5.40. The van der Waals surface area contributed by atoms with Crippen LogP contribution < -0.4 is 15.5 Å². The number of piperidine rings is 2. The molecular formula is C25H29N3O4S. The fourth-order valence-corrected chi connectivity index (χ4v) is 6.81. The third-order valence-corrected chi connectivity index (χ3v) is 8.46. The maximum Gasteiger partial charge on any atom is 0.287 e. The van der Waals surface area contributed by atoms with E-state index in [1.165, 1.54) is 62.6 Å². The molecule has 2 fully saturated rings. The summed E-state index contributed by atoms with van der Waals surface area (Å²) in [6, 6.07) is 9.17. The van der Waals surface area contributed by atoms with Crippen molar-refractivity contribution >= 4 is 42.9 Å². The minimum absolute atomic E-state index is 0.0273. The van der Waals surface area contributed by atoms with E-state index in [9.17, 15) is 14.9 Å². The second kappa shape index (κ2) is 9.27. The number of nitrogens with one attached hydrogen (secondary N) is 1. The number of nitro benzene ring substituents is 1. The molecule has 3 heterocycles. The summed E-state index contributed by atoms with van der Waals surface area (Å²) in [6.07, 6.45) is 7.45. The number of nitrogens with zero attached hydrogens (tertiary/aromatic N) is 2. The van der Waals surface area contributed by atoms with Crippen molar-refractivity contribution in [3.05, 3.63) is 50.7 Å². The lowest BCUT2D eigenvalue weighted by molar-refractivity contribution is -0.382. The summed E-state index contributed by atoms with van der Waals surface area (Å²) in [5.41, 5.74) is 0.457. The molecule has 2 aliphatic heterocycles. The number of ether oxygens (including phenoxy) is 1. The highest BCUT2D eigenvalue weighted by Crippen LogP contribution is 2.37. The molecule has 1 N–H and O–H groups in total. The first-order valence-corrected chi connectivity index (χ1v) is 12.6. The zero-order valence-corrected chi connectivity index (χ0v) is 19.7. The molecule has 0 unspecified atom stereocenters. The van der Waals surface area contributed by atoms with Gasteiger partial charge in [0.25, 0.3) is 5.69 Å². The van der Waals surface area contributed by atoms with Gasteiger partial charge in [0.1, 0.15) is 10.4 Å². The smallest absolute Gasteiger partial charge is 0.287 e. The molecule has 0 aliphatic carbocycles. The van der Waals surface area contributed by atoms with Gasteiger partial charge in [-0.05, 0) is 75.4 Å². The number of non-ortho nitro benzene ring substituents is 1. The number of fused-ring (bicyclic) bond motifs is 3. The van der Waals surface area contributed by atoms with Gasteiger partial charge in [-0.1, -0.05) is 6.42 Å².